The minimum atomic E-state index is -0.935. The van der Waals surface area contributed by atoms with Crippen molar-refractivity contribution in [3.63, 3.8) is 0 Å². The molecule has 0 saturated carbocycles. The monoisotopic (exact) mass is 323 g/mol. The molecule has 0 aliphatic heterocycles. The predicted molar refractivity (Wildman–Crippen MR) is 80.3 cm³/mol. The van der Waals surface area contributed by atoms with Crippen molar-refractivity contribution in [3.05, 3.63) is 24.3 Å². The molecule has 0 aromatic rings. The Kier molecular flexibility index (Phi) is 26.5. The van der Waals surface area contributed by atoms with Gasteiger partial charge >= 0.3 is 18.0 Å². The molecule has 0 unspecified atom stereocenters. The molecule has 130 valence electrons. The number of nitrogens with two attached hydrogens (primary N) is 1. The van der Waals surface area contributed by atoms with E-state index in [1.54, 1.807) is 6.92 Å². The van der Waals surface area contributed by atoms with Crippen LogP contribution in [0.25, 0.3) is 0 Å². The van der Waals surface area contributed by atoms with Crippen molar-refractivity contribution in [1.29, 1.82) is 0 Å². The third kappa shape index (κ3) is 52.6. The van der Waals surface area contributed by atoms with Crippen LogP contribution in [0.1, 0.15) is 20.8 Å². The van der Waals surface area contributed by atoms with Crippen molar-refractivity contribution in [1.82, 2.24) is 0 Å². The summed E-state index contributed by atoms with van der Waals surface area (Å²) in [5.41, 5.74) is 4.89. The first-order valence-electron chi connectivity index (χ1n) is 5.89. The van der Waals surface area contributed by atoms with E-state index in [1.807, 2.05) is 0 Å². The van der Waals surface area contributed by atoms with E-state index in [1.165, 1.54) is 13.8 Å². The van der Waals surface area contributed by atoms with Gasteiger partial charge in [-0.25, -0.2) is 14.4 Å². The Morgan fingerprint density at radius 2 is 1.18 bits per heavy atom. The van der Waals surface area contributed by atoms with E-state index >= 15 is 0 Å². The number of carboxylic acids is 2. The first-order valence-corrected chi connectivity index (χ1v) is 5.89. The largest absolute Gasteiger partial charge is 0.478 e. The van der Waals surface area contributed by atoms with E-state index < -0.39 is 18.0 Å². The number of aliphatic carboxylic acids is 2. The van der Waals surface area contributed by atoms with Gasteiger partial charge in [-0.05, 0) is 20.8 Å². The van der Waals surface area contributed by atoms with Crippen LogP contribution in [0.3, 0.4) is 0 Å². The lowest BCUT2D eigenvalue weighted by Crippen LogP contribution is -2.11. The van der Waals surface area contributed by atoms with Gasteiger partial charge < -0.3 is 30.9 Å². The van der Waals surface area contributed by atoms with Gasteiger partial charge in [0.05, 0.1) is 19.8 Å². The van der Waals surface area contributed by atoms with Crippen LogP contribution < -0.4 is 5.73 Å². The van der Waals surface area contributed by atoms with Gasteiger partial charge in [-0.15, -0.1) is 0 Å². The smallest absolute Gasteiger partial charge is 0.404 e. The Morgan fingerprint density at radius 3 is 1.18 bits per heavy atom. The highest BCUT2D eigenvalue weighted by atomic mass is 16.5. The van der Waals surface area contributed by atoms with Crippen LogP contribution in [0.5, 0.6) is 0 Å². The molecule has 9 nitrogen and oxygen atoms in total. The molecule has 0 heterocycles. The number of aliphatic hydroxyl groups excluding tert-OH is 2. The molecule has 0 rings (SSSR count). The maximum absolute atomic E-state index is 9.60. The summed E-state index contributed by atoms with van der Waals surface area (Å²) in [6.07, 6.45) is -0.711. The second kappa shape index (κ2) is 20.9. The van der Waals surface area contributed by atoms with Gasteiger partial charge in [0.2, 0.25) is 0 Å². The van der Waals surface area contributed by atoms with Crippen molar-refractivity contribution in [2.24, 2.45) is 5.73 Å². The molecule has 0 fully saturated rings. The molecule has 22 heavy (non-hydrogen) atoms. The number of rotatable bonds is 4. The fourth-order valence-electron chi connectivity index (χ4n) is 0.142. The third-order valence-corrected chi connectivity index (χ3v) is 1.12. The molecule has 0 aliphatic rings. The van der Waals surface area contributed by atoms with Crippen LogP contribution in [-0.2, 0) is 14.3 Å². The summed E-state index contributed by atoms with van der Waals surface area (Å²) >= 11 is 0. The standard InChI is InChI=1S/2C4H6O2.C3H7NO2.C2H6O2/c2*1-3(2)4(5)6;1-2-6-3(4)5;3-1-2-4/h2*1H2,2H3,(H,5,6);2H2,1H3,(H2,4,5);3-4H,1-2H2. The molecule has 0 aliphatic carbocycles. The summed E-state index contributed by atoms with van der Waals surface area (Å²) in [7, 11) is 0. The van der Waals surface area contributed by atoms with Gasteiger partial charge in [0, 0.05) is 11.1 Å². The number of amides is 1. The molecule has 0 spiro atoms. The summed E-state index contributed by atoms with van der Waals surface area (Å²) < 4.78 is 4.18. The zero-order chi connectivity index (χ0) is 18.7. The third-order valence-electron chi connectivity index (χ3n) is 1.12. The maximum Gasteiger partial charge on any atom is 0.404 e. The number of aliphatic hydroxyl groups is 2. The Labute approximate surface area is 129 Å². The molecule has 0 aromatic carbocycles. The van der Waals surface area contributed by atoms with Crippen molar-refractivity contribution >= 4 is 18.0 Å². The van der Waals surface area contributed by atoms with E-state index in [0.717, 1.165) is 0 Å². The molecule has 6 N–H and O–H groups in total. The zero-order valence-corrected chi connectivity index (χ0v) is 13.0. The van der Waals surface area contributed by atoms with Gasteiger partial charge in [0.25, 0.3) is 0 Å². The van der Waals surface area contributed by atoms with Crippen LogP contribution in [-0.4, -0.2) is 58.3 Å². The summed E-state index contributed by atoms with van der Waals surface area (Å²) in [4.78, 5) is 28.8. The van der Waals surface area contributed by atoms with Gasteiger partial charge in [-0.1, -0.05) is 13.2 Å². The summed E-state index contributed by atoms with van der Waals surface area (Å²) in [5.74, 6) is -1.87. The van der Waals surface area contributed by atoms with Gasteiger partial charge in [0.15, 0.2) is 0 Å². The first-order chi connectivity index (χ1) is 9.97. The molecular formula is C13H25NO8. The second-order valence-electron chi connectivity index (χ2n) is 3.37. The lowest BCUT2D eigenvalue weighted by atomic mass is 10.4. The summed E-state index contributed by atoms with van der Waals surface area (Å²) in [6, 6.07) is 0. The normalized spacial score (nSPS) is 7.50. The summed E-state index contributed by atoms with van der Waals surface area (Å²) in [6.45, 7) is 11.0. The maximum atomic E-state index is 9.60. The Hall–Kier alpha value is -2.39. The molecule has 0 atom stereocenters. The Balaban J connectivity index is -0.0000000994. The molecule has 0 saturated heterocycles. The SMILES string of the molecule is C=C(C)C(=O)O.C=C(C)C(=O)O.CCOC(N)=O.OCCO. The Bertz CT molecular complexity index is 302. The quantitative estimate of drug-likeness (QED) is 0.462. The summed E-state index contributed by atoms with van der Waals surface area (Å²) in [5, 5.41) is 31.0. The molecule has 0 aromatic heterocycles. The zero-order valence-electron chi connectivity index (χ0n) is 13.0. The van der Waals surface area contributed by atoms with Gasteiger partial charge in [-0.2, -0.15) is 0 Å². The van der Waals surface area contributed by atoms with Crippen molar-refractivity contribution in [3.8, 4) is 0 Å². The van der Waals surface area contributed by atoms with Crippen LogP contribution in [0.15, 0.2) is 24.3 Å². The van der Waals surface area contributed by atoms with Crippen molar-refractivity contribution in [2.75, 3.05) is 19.8 Å². The predicted octanol–water partition coefficient (Wildman–Crippen LogP) is 0.367. The highest BCUT2D eigenvalue weighted by Crippen LogP contribution is 1.81. The molecule has 0 radical (unpaired) electrons. The van der Waals surface area contributed by atoms with E-state index in [2.05, 4.69) is 23.6 Å². The number of carbonyl (C=O) groups excluding carboxylic acids is 1. The van der Waals surface area contributed by atoms with Crippen molar-refractivity contribution < 1.29 is 39.5 Å². The highest BCUT2D eigenvalue weighted by Gasteiger charge is 1.90. The minimum Gasteiger partial charge on any atom is -0.478 e. The van der Waals surface area contributed by atoms with Crippen LogP contribution in [0, 0.1) is 0 Å². The molecular weight excluding hydrogens is 298 g/mol. The van der Waals surface area contributed by atoms with Crippen LogP contribution in [0.4, 0.5) is 4.79 Å². The van der Waals surface area contributed by atoms with Crippen LogP contribution in [0.2, 0.25) is 0 Å². The number of carboxylic acid groups (broad SMARTS) is 2. The number of primary amides is 1. The van der Waals surface area contributed by atoms with Crippen LogP contribution >= 0.6 is 0 Å². The molecule has 1 amide bonds. The lowest BCUT2D eigenvalue weighted by molar-refractivity contribution is -0.133. The number of carbonyl (C=O) groups is 3. The van der Waals surface area contributed by atoms with Crippen molar-refractivity contribution in [2.45, 2.75) is 20.8 Å². The highest BCUT2D eigenvalue weighted by molar-refractivity contribution is 5.85. The fraction of sp³-hybridized carbons (Fsp3) is 0.462. The topological polar surface area (TPSA) is 167 Å². The second-order valence-corrected chi connectivity index (χ2v) is 3.37. The average Bonchev–Trinajstić information content (AvgIpc) is 2.40. The fourth-order valence-corrected chi connectivity index (χ4v) is 0.142. The number of ether oxygens (including phenoxy) is 1. The lowest BCUT2D eigenvalue weighted by Gasteiger charge is -1.89. The van der Waals surface area contributed by atoms with Gasteiger partial charge in [-0.3, -0.25) is 0 Å². The molecule has 9 heteroatoms. The Morgan fingerprint density at radius 1 is 0.955 bits per heavy atom. The molecule has 0 bridgehead atoms. The van der Waals surface area contributed by atoms with E-state index in [0.29, 0.717) is 6.61 Å². The first kappa shape index (κ1) is 27.9. The number of hydrogen-bond acceptors (Lipinski definition) is 6. The van der Waals surface area contributed by atoms with E-state index in [4.69, 9.17) is 20.4 Å². The van der Waals surface area contributed by atoms with E-state index in [9.17, 15) is 14.4 Å². The van der Waals surface area contributed by atoms with E-state index in [-0.39, 0.29) is 24.4 Å². The average molecular weight is 323 g/mol. The minimum absolute atomic E-state index is 0.125. The van der Waals surface area contributed by atoms with Gasteiger partial charge in [0.1, 0.15) is 0 Å². The number of hydrogen-bond donors (Lipinski definition) is 5.